The van der Waals surface area contributed by atoms with Gasteiger partial charge in [-0.1, -0.05) is 36.4 Å². The van der Waals surface area contributed by atoms with Crippen molar-refractivity contribution in [2.24, 2.45) is 0 Å². The van der Waals surface area contributed by atoms with Gasteiger partial charge in [0.2, 0.25) is 5.91 Å². The highest BCUT2D eigenvalue weighted by atomic mass is 16.5. The molecule has 4 nitrogen and oxygen atoms in total. The minimum absolute atomic E-state index is 0.0391. The van der Waals surface area contributed by atoms with E-state index in [4.69, 9.17) is 4.74 Å². The molecule has 1 N–H and O–H groups in total. The summed E-state index contributed by atoms with van der Waals surface area (Å²) in [4.78, 5) is 14.7. The van der Waals surface area contributed by atoms with Crippen LogP contribution in [0.5, 0.6) is 5.75 Å². The van der Waals surface area contributed by atoms with Crippen LogP contribution in [0.2, 0.25) is 0 Å². The fourth-order valence-corrected chi connectivity index (χ4v) is 2.48. The smallest absolute Gasteiger partial charge is 0.242 e. The van der Waals surface area contributed by atoms with E-state index in [-0.39, 0.29) is 11.9 Å². The number of methoxy groups -OCH3 is 1. The maximum absolute atomic E-state index is 12.7. The summed E-state index contributed by atoms with van der Waals surface area (Å²) in [5.74, 6) is 0.629. The van der Waals surface area contributed by atoms with Gasteiger partial charge in [-0.25, -0.2) is 0 Å². The number of carbonyl (C=O) groups is 1. The molecule has 0 aromatic heterocycles. The first-order chi connectivity index (χ1) is 11.0. The molecular formula is C19H24N2O2. The number of nitrogens with zero attached hydrogens (tertiary/aromatic N) is 1. The van der Waals surface area contributed by atoms with E-state index in [1.807, 2.05) is 74.4 Å². The number of carbonyl (C=O) groups excluding carboxylic acids is 1. The summed E-state index contributed by atoms with van der Waals surface area (Å²) in [6.07, 6.45) is 0.661. The Kier molecular flexibility index (Phi) is 5.77. The fraction of sp³-hybridized carbons (Fsp3) is 0.316. The highest BCUT2D eigenvalue weighted by Gasteiger charge is 2.22. The Labute approximate surface area is 138 Å². The van der Waals surface area contributed by atoms with Crippen molar-refractivity contribution in [2.75, 3.05) is 26.5 Å². The Hall–Kier alpha value is -2.33. The van der Waals surface area contributed by atoms with Crippen LogP contribution >= 0.6 is 0 Å². The summed E-state index contributed by atoms with van der Waals surface area (Å²) in [6.45, 7) is 1.99. The van der Waals surface area contributed by atoms with Gasteiger partial charge < -0.3 is 10.1 Å². The van der Waals surface area contributed by atoms with Gasteiger partial charge in [-0.05, 0) is 50.7 Å². The van der Waals surface area contributed by atoms with Gasteiger partial charge in [0.1, 0.15) is 5.75 Å². The number of amides is 1. The van der Waals surface area contributed by atoms with Crippen molar-refractivity contribution in [1.82, 2.24) is 4.90 Å². The highest BCUT2D eigenvalue weighted by Crippen LogP contribution is 2.25. The predicted molar refractivity (Wildman–Crippen MR) is 94.0 cm³/mol. The summed E-state index contributed by atoms with van der Waals surface area (Å²) < 4.78 is 5.33. The Bertz CT molecular complexity index is 654. The average molecular weight is 312 g/mol. The van der Waals surface area contributed by atoms with Crippen molar-refractivity contribution in [1.29, 1.82) is 0 Å². The van der Waals surface area contributed by atoms with Crippen LogP contribution in [0.1, 0.15) is 11.1 Å². The van der Waals surface area contributed by atoms with Crippen LogP contribution in [-0.2, 0) is 11.2 Å². The number of likely N-dealkylation sites (N-methyl/N-ethyl adjacent to an activating group) is 1. The summed E-state index contributed by atoms with van der Waals surface area (Å²) in [6, 6.07) is 15.5. The van der Waals surface area contributed by atoms with Gasteiger partial charge >= 0.3 is 0 Å². The minimum Gasteiger partial charge on any atom is -0.495 e. The predicted octanol–water partition coefficient (Wildman–Crippen LogP) is 3.12. The van der Waals surface area contributed by atoms with Crippen molar-refractivity contribution < 1.29 is 9.53 Å². The molecule has 0 heterocycles. The number of nitrogens with one attached hydrogen (secondary N) is 1. The highest BCUT2D eigenvalue weighted by molar-refractivity contribution is 5.96. The second kappa shape index (κ2) is 7.79. The first kappa shape index (κ1) is 17.0. The molecular weight excluding hydrogens is 288 g/mol. The van der Waals surface area contributed by atoms with Crippen LogP contribution < -0.4 is 10.1 Å². The molecule has 0 aliphatic carbocycles. The molecule has 1 amide bonds. The Morgan fingerprint density at radius 3 is 2.48 bits per heavy atom. The monoisotopic (exact) mass is 312 g/mol. The molecule has 0 bridgehead atoms. The number of ether oxygens (including phenoxy) is 1. The van der Waals surface area contributed by atoms with Gasteiger partial charge in [-0.3, -0.25) is 9.69 Å². The zero-order valence-corrected chi connectivity index (χ0v) is 14.2. The molecule has 2 rings (SSSR count). The summed E-state index contributed by atoms with van der Waals surface area (Å²) >= 11 is 0. The minimum atomic E-state index is -0.248. The van der Waals surface area contributed by atoms with Crippen LogP contribution in [0.4, 0.5) is 5.69 Å². The van der Waals surface area contributed by atoms with Crippen LogP contribution in [0.15, 0.2) is 48.5 Å². The van der Waals surface area contributed by atoms with E-state index in [0.717, 1.165) is 11.1 Å². The maximum atomic E-state index is 12.7. The van der Waals surface area contributed by atoms with Crippen molar-refractivity contribution >= 4 is 11.6 Å². The normalized spacial score (nSPS) is 12.0. The van der Waals surface area contributed by atoms with E-state index in [9.17, 15) is 4.79 Å². The van der Waals surface area contributed by atoms with E-state index in [1.165, 1.54) is 0 Å². The molecule has 0 aliphatic rings. The van der Waals surface area contributed by atoms with Crippen molar-refractivity contribution in [3.63, 3.8) is 0 Å². The number of hydrogen-bond donors (Lipinski definition) is 1. The molecule has 0 fully saturated rings. The first-order valence-electron chi connectivity index (χ1n) is 7.67. The molecule has 2 aromatic rings. The van der Waals surface area contributed by atoms with Crippen molar-refractivity contribution in [3.8, 4) is 5.75 Å². The van der Waals surface area contributed by atoms with E-state index < -0.39 is 0 Å². The lowest BCUT2D eigenvalue weighted by molar-refractivity contribution is -0.120. The van der Waals surface area contributed by atoms with E-state index in [2.05, 4.69) is 5.32 Å². The third-order valence-electron chi connectivity index (χ3n) is 3.81. The zero-order valence-electron chi connectivity index (χ0n) is 14.2. The second-order valence-corrected chi connectivity index (χ2v) is 5.86. The molecule has 2 aromatic carbocycles. The van der Waals surface area contributed by atoms with Crippen molar-refractivity contribution in [3.05, 3.63) is 59.7 Å². The zero-order chi connectivity index (χ0) is 16.8. The van der Waals surface area contributed by atoms with Crippen molar-refractivity contribution in [2.45, 2.75) is 19.4 Å². The standard InChI is InChI=1S/C19H24N2O2/c1-14-10-11-18(23-4)16(12-14)20-19(22)17(21(2)3)13-15-8-6-5-7-9-15/h5-12,17H,13H2,1-4H3,(H,20,22)/t17-/m1/s1. The van der Waals surface area contributed by atoms with E-state index in [0.29, 0.717) is 17.9 Å². The summed E-state index contributed by atoms with van der Waals surface area (Å²) in [7, 11) is 5.44. The number of rotatable bonds is 6. The van der Waals surface area contributed by atoms with Crippen LogP contribution in [0.25, 0.3) is 0 Å². The molecule has 0 saturated heterocycles. The number of aryl methyl sites for hydroxylation is 1. The molecule has 4 heteroatoms. The molecule has 1 atom stereocenters. The SMILES string of the molecule is COc1ccc(C)cc1NC(=O)[C@@H](Cc1ccccc1)N(C)C. The van der Waals surface area contributed by atoms with Crippen LogP contribution in [0.3, 0.4) is 0 Å². The third kappa shape index (κ3) is 4.57. The Balaban J connectivity index is 2.17. The fourth-order valence-electron chi connectivity index (χ4n) is 2.48. The largest absolute Gasteiger partial charge is 0.495 e. The van der Waals surface area contributed by atoms with Crippen LogP contribution in [0, 0.1) is 6.92 Å². The van der Waals surface area contributed by atoms with Gasteiger partial charge in [-0.2, -0.15) is 0 Å². The van der Waals surface area contributed by atoms with E-state index in [1.54, 1.807) is 7.11 Å². The lowest BCUT2D eigenvalue weighted by Crippen LogP contribution is -2.41. The molecule has 0 aliphatic heterocycles. The maximum Gasteiger partial charge on any atom is 0.242 e. The Morgan fingerprint density at radius 2 is 1.87 bits per heavy atom. The summed E-state index contributed by atoms with van der Waals surface area (Å²) in [5, 5.41) is 3.00. The molecule has 0 saturated carbocycles. The Morgan fingerprint density at radius 1 is 1.17 bits per heavy atom. The molecule has 0 spiro atoms. The average Bonchev–Trinajstić information content (AvgIpc) is 2.53. The van der Waals surface area contributed by atoms with Gasteiger partial charge in [-0.15, -0.1) is 0 Å². The summed E-state index contributed by atoms with van der Waals surface area (Å²) in [5.41, 5.74) is 2.92. The van der Waals surface area contributed by atoms with Gasteiger partial charge in [0, 0.05) is 0 Å². The molecule has 122 valence electrons. The van der Waals surface area contributed by atoms with Crippen LogP contribution in [-0.4, -0.2) is 38.1 Å². The van der Waals surface area contributed by atoms with Gasteiger partial charge in [0.25, 0.3) is 0 Å². The number of anilines is 1. The third-order valence-corrected chi connectivity index (χ3v) is 3.81. The number of hydrogen-bond acceptors (Lipinski definition) is 3. The lowest BCUT2D eigenvalue weighted by atomic mass is 10.0. The molecule has 0 unspecified atom stereocenters. The number of benzene rings is 2. The van der Waals surface area contributed by atoms with Gasteiger partial charge in [0.05, 0.1) is 18.8 Å². The second-order valence-electron chi connectivity index (χ2n) is 5.86. The van der Waals surface area contributed by atoms with Gasteiger partial charge in [0.15, 0.2) is 0 Å². The lowest BCUT2D eigenvalue weighted by Gasteiger charge is -2.24. The first-order valence-corrected chi connectivity index (χ1v) is 7.67. The topological polar surface area (TPSA) is 41.6 Å². The molecule has 0 radical (unpaired) electrons. The molecule has 23 heavy (non-hydrogen) atoms. The quantitative estimate of drug-likeness (QED) is 0.891. The van der Waals surface area contributed by atoms with E-state index >= 15 is 0 Å².